The lowest BCUT2D eigenvalue weighted by Crippen LogP contribution is -2.47. The van der Waals surface area contributed by atoms with Crippen molar-refractivity contribution in [3.63, 3.8) is 0 Å². The summed E-state index contributed by atoms with van der Waals surface area (Å²) in [6.45, 7) is 3.50. The topological polar surface area (TPSA) is 58.2 Å². The third-order valence-electron chi connectivity index (χ3n) is 4.94. The van der Waals surface area contributed by atoms with Crippen molar-refractivity contribution < 1.29 is 18.4 Å². The van der Waals surface area contributed by atoms with Gasteiger partial charge in [-0.3, -0.25) is 9.59 Å². The Morgan fingerprint density at radius 3 is 2.10 bits per heavy atom. The van der Waals surface area contributed by atoms with Gasteiger partial charge in [0, 0.05) is 5.69 Å². The first-order valence-electron chi connectivity index (χ1n) is 10.0. The van der Waals surface area contributed by atoms with Crippen LogP contribution in [-0.2, 0) is 11.2 Å². The van der Waals surface area contributed by atoms with Crippen LogP contribution >= 0.6 is 0 Å². The maximum Gasteiger partial charge on any atom is 0.257 e. The van der Waals surface area contributed by atoms with Crippen LogP contribution in [0.2, 0.25) is 0 Å². The van der Waals surface area contributed by atoms with Gasteiger partial charge in [-0.2, -0.15) is 0 Å². The van der Waals surface area contributed by atoms with Crippen molar-refractivity contribution in [3.8, 4) is 0 Å². The molecule has 0 aliphatic carbocycles. The SMILES string of the molecule is CC(C)C(NC(=O)c1c(F)cccc1F)C(=O)Nc1ccccc1Cc1ccccc1. The van der Waals surface area contributed by atoms with E-state index in [1.807, 2.05) is 48.5 Å². The summed E-state index contributed by atoms with van der Waals surface area (Å²) in [6, 6.07) is 19.4. The van der Waals surface area contributed by atoms with E-state index < -0.39 is 35.1 Å². The number of nitrogens with one attached hydrogen (secondary N) is 2. The molecule has 2 amide bonds. The van der Waals surface area contributed by atoms with Crippen molar-refractivity contribution in [2.24, 2.45) is 5.92 Å². The molecule has 3 aromatic carbocycles. The third kappa shape index (κ3) is 5.54. The maximum atomic E-state index is 14.0. The fourth-order valence-corrected chi connectivity index (χ4v) is 3.29. The lowest BCUT2D eigenvalue weighted by molar-refractivity contribution is -0.118. The van der Waals surface area contributed by atoms with Gasteiger partial charge >= 0.3 is 0 Å². The van der Waals surface area contributed by atoms with Gasteiger partial charge in [0.15, 0.2) is 0 Å². The second-order valence-corrected chi connectivity index (χ2v) is 7.60. The molecule has 1 atom stereocenters. The molecule has 0 radical (unpaired) electrons. The predicted octanol–water partition coefficient (Wildman–Crippen LogP) is 4.95. The van der Waals surface area contributed by atoms with Crippen LogP contribution in [0.25, 0.3) is 0 Å². The zero-order valence-corrected chi connectivity index (χ0v) is 17.4. The average Bonchev–Trinajstić information content (AvgIpc) is 2.73. The van der Waals surface area contributed by atoms with Crippen molar-refractivity contribution in [1.82, 2.24) is 5.32 Å². The molecule has 0 heterocycles. The number of rotatable bonds is 7. The van der Waals surface area contributed by atoms with Gasteiger partial charge in [0.05, 0.1) is 0 Å². The number of anilines is 1. The van der Waals surface area contributed by atoms with Gasteiger partial charge < -0.3 is 10.6 Å². The van der Waals surface area contributed by atoms with E-state index in [1.54, 1.807) is 19.9 Å². The van der Waals surface area contributed by atoms with Gasteiger partial charge in [0.1, 0.15) is 23.2 Å². The average molecular weight is 422 g/mol. The molecule has 3 rings (SSSR count). The Morgan fingerprint density at radius 1 is 0.839 bits per heavy atom. The second-order valence-electron chi connectivity index (χ2n) is 7.60. The monoisotopic (exact) mass is 422 g/mol. The molecule has 4 nitrogen and oxygen atoms in total. The van der Waals surface area contributed by atoms with E-state index >= 15 is 0 Å². The minimum atomic E-state index is -0.978. The molecule has 3 aromatic rings. The summed E-state index contributed by atoms with van der Waals surface area (Å²) < 4.78 is 27.9. The molecule has 0 bridgehead atoms. The van der Waals surface area contributed by atoms with E-state index in [2.05, 4.69) is 10.6 Å². The minimum Gasteiger partial charge on any atom is -0.340 e. The van der Waals surface area contributed by atoms with Gasteiger partial charge in [-0.25, -0.2) is 8.78 Å². The molecule has 0 aliphatic heterocycles. The van der Waals surface area contributed by atoms with Crippen LogP contribution < -0.4 is 10.6 Å². The number of carbonyl (C=O) groups excluding carboxylic acids is 2. The molecule has 0 aliphatic rings. The highest BCUT2D eigenvalue weighted by Crippen LogP contribution is 2.20. The maximum absolute atomic E-state index is 14.0. The summed E-state index contributed by atoms with van der Waals surface area (Å²) in [4.78, 5) is 25.5. The molecule has 0 saturated heterocycles. The first-order chi connectivity index (χ1) is 14.9. The fraction of sp³-hybridized carbons (Fsp3) is 0.200. The van der Waals surface area contributed by atoms with Crippen molar-refractivity contribution in [1.29, 1.82) is 0 Å². The predicted molar refractivity (Wildman–Crippen MR) is 117 cm³/mol. The molecule has 160 valence electrons. The highest BCUT2D eigenvalue weighted by atomic mass is 19.1. The van der Waals surface area contributed by atoms with E-state index in [0.717, 1.165) is 23.3 Å². The zero-order valence-electron chi connectivity index (χ0n) is 17.4. The Morgan fingerprint density at radius 2 is 1.45 bits per heavy atom. The van der Waals surface area contributed by atoms with Crippen LogP contribution in [-0.4, -0.2) is 17.9 Å². The van der Waals surface area contributed by atoms with Crippen LogP contribution in [0.1, 0.15) is 35.3 Å². The van der Waals surface area contributed by atoms with Crippen LogP contribution in [0.5, 0.6) is 0 Å². The van der Waals surface area contributed by atoms with Crippen LogP contribution in [0.3, 0.4) is 0 Å². The van der Waals surface area contributed by atoms with Gasteiger partial charge in [-0.15, -0.1) is 0 Å². The summed E-state index contributed by atoms with van der Waals surface area (Å²) in [5, 5.41) is 5.33. The van der Waals surface area contributed by atoms with E-state index in [4.69, 9.17) is 0 Å². The lowest BCUT2D eigenvalue weighted by atomic mass is 10.0. The van der Waals surface area contributed by atoms with E-state index in [-0.39, 0.29) is 5.92 Å². The molecule has 0 aromatic heterocycles. The fourth-order valence-electron chi connectivity index (χ4n) is 3.29. The molecule has 31 heavy (non-hydrogen) atoms. The number of hydrogen-bond acceptors (Lipinski definition) is 2. The molecular formula is C25H24F2N2O2. The van der Waals surface area contributed by atoms with Crippen molar-refractivity contribution in [2.75, 3.05) is 5.32 Å². The summed E-state index contributed by atoms with van der Waals surface area (Å²) in [7, 11) is 0. The molecule has 0 fully saturated rings. The first kappa shape index (κ1) is 22.2. The number of hydrogen-bond donors (Lipinski definition) is 2. The van der Waals surface area contributed by atoms with Crippen molar-refractivity contribution in [3.05, 3.63) is 101 Å². The number of amides is 2. The van der Waals surface area contributed by atoms with E-state index in [0.29, 0.717) is 12.1 Å². The Bertz CT molecular complexity index is 1050. The van der Waals surface area contributed by atoms with Crippen molar-refractivity contribution >= 4 is 17.5 Å². The number of halogens is 2. The highest BCUT2D eigenvalue weighted by Gasteiger charge is 2.27. The van der Waals surface area contributed by atoms with Crippen LogP contribution in [0.4, 0.5) is 14.5 Å². The van der Waals surface area contributed by atoms with E-state index in [9.17, 15) is 18.4 Å². The number of carbonyl (C=O) groups is 2. The molecule has 6 heteroatoms. The minimum absolute atomic E-state index is 0.305. The number of benzene rings is 3. The zero-order chi connectivity index (χ0) is 22.4. The standard InChI is InChI=1S/C25H24F2N2O2/c1-16(2)23(29-24(30)22-19(26)12-8-13-20(22)27)25(31)28-21-14-7-6-11-18(21)15-17-9-4-3-5-10-17/h3-14,16,23H,15H2,1-2H3,(H,28,31)(H,29,30). The summed E-state index contributed by atoms with van der Waals surface area (Å²) >= 11 is 0. The van der Waals surface area contributed by atoms with Crippen molar-refractivity contribution in [2.45, 2.75) is 26.3 Å². The molecule has 1 unspecified atom stereocenters. The number of para-hydroxylation sites is 1. The molecular weight excluding hydrogens is 398 g/mol. The largest absolute Gasteiger partial charge is 0.340 e. The van der Waals surface area contributed by atoms with Gasteiger partial charge in [-0.1, -0.05) is 68.4 Å². The highest BCUT2D eigenvalue weighted by molar-refractivity contribution is 6.01. The van der Waals surface area contributed by atoms with Crippen LogP contribution in [0, 0.1) is 17.6 Å². The Balaban J connectivity index is 1.78. The second kappa shape index (κ2) is 9.98. The quantitative estimate of drug-likeness (QED) is 0.566. The van der Waals surface area contributed by atoms with Gasteiger partial charge in [-0.05, 0) is 41.7 Å². The van der Waals surface area contributed by atoms with Gasteiger partial charge in [0.25, 0.3) is 5.91 Å². The summed E-state index contributed by atoms with van der Waals surface area (Å²) in [6.07, 6.45) is 0.621. The summed E-state index contributed by atoms with van der Waals surface area (Å²) in [5.41, 5.74) is 1.92. The lowest BCUT2D eigenvalue weighted by Gasteiger charge is -2.23. The van der Waals surface area contributed by atoms with E-state index in [1.165, 1.54) is 6.07 Å². The third-order valence-corrected chi connectivity index (χ3v) is 4.94. The molecule has 0 spiro atoms. The Labute approximate surface area is 180 Å². The summed E-state index contributed by atoms with van der Waals surface area (Å²) in [5.74, 6) is -3.69. The first-order valence-corrected chi connectivity index (χ1v) is 10.0. The normalized spacial score (nSPS) is 11.8. The van der Waals surface area contributed by atoms with Gasteiger partial charge in [0.2, 0.25) is 5.91 Å². The molecule has 0 saturated carbocycles. The Hall–Kier alpha value is -3.54. The smallest absolute Gasteiger partial charge is 0.257 e. The Kier molecular flexibility index (Phi) is 7.13. The molecule has 2 N–H and O–H groups in total. The van der Waals surface area contributed by atoms with Crippen LogP contribution in [0.15, 0.2) is 72.8 Å².